The number of hydrogen-bond acceptors (Lipinski definition) is 2. The Kier molecular flexibility index (Phi) is 4.82. The fourth-order valence-corrected chi connectivity index (χ4v) is 5.00. The molecule has 33 heavy (non-hydrogen) atoms. The van der Waals surface area contributed by atoms with Crippen molar-refractivity contribution in [3.8, 4) is 44.8 Å². The van der Waals surface area contributed by atoms with Gasteiger partial charge in [-0.1, -0.05) is 104 Å². The van der Waals surface area contributed by atoms with Crippen molar-refractivity contribution >= 4 is 11.6 Å². The lowest BCUT2D eigenvalue weighted by molar-refractivity contribution is 0.940. The zero-order valence-electron chi connectivity index (χ0n) is 18.2. The number of aromatic nitrogens is 2. The van der Waals surface area contributed by atoms with Gasteiger partial charge in [-0.25, -0.2) is 9.97 Å². The lowest BCUT2D eigenvalue weighted by atomic mass is 9.94. The van der Waals surface area contributed by atoms with Gasteiger partial charge in [-0.05, 0) is 45.5 Å². The number of rotatable bonds is 3. The van der Waals surface area contributed by atoms with Gasteiger partial charge in [0.15, 0.2) is 0 Å². The predicted octanol–water partition coefficient (Wildman–Crippen LogP) is 8.26. The highest BCUT2D eigenvalue weighted by Crippen LogP contribution is 2.48. The second-order valence-corrected chi connectivity index (χ2v) is 8.77. The average molecular weight is 445 g/mol. The molecule has 0 fully saturated rings. The summed E-state index contributed by atoms with van der Waals surface area (Å²) in [5, 5.41) is 0.279. The largest absolute Gasteiger partial charge is 0.223 e. The summed E-state index contributed by atoms with van der Waals surface area (Å²) in [5.41, 5.74) is 11.2. The van der Waals surface area contributed by atoms with Crippen LogP contribution >= 0.6 is 11.6 Å². The summed E-state index contributed by atoms with van der Waals surface area (Å²) < 4.78 is 0. The van der Waals surface area contributed by atoms with E-state index in [1.807, 2.05) is 12.1 Å². The van der Waals surface area contributed by atoms with Crippen LogP contribution in [0.1, 0.15) is 24.0 Å². The average Bonchev–Trinajstić information content (AvgIpc) is 3.16. The maximum atomic E-state index is 6.45. The van der Waals surface area contributed by atoms with E-state index in [2.05, 4.69) is 108 Å². The second kappa shape index (κ2) is 7.99. The first-order valence-corrected chi connectivity index (χ1v) is 11.5. The topological polar surface area (TPSA) is 25.8 Å². The quantitative estimate of drug-likeness (QED) is 0.262. The second-order valence-electron chi connectivity index (χ2n) is 8.44. The Bertz CT molecular complexity index is 1460. The molecule has 6 rings (SSSR count). The molecule has 1 unspecified atom stereocenters. The van der Waals surface area contributed by atoms with E-state index < -0.39 is 0 Å². The number of fused-ring (bicyclic) bond motifs is 3. The van der Waals surface area contributed by atoms with Gasteiger partial charge in [0, 0.05) is 22.6 Å². The summed E-state index contributed by atoms with van der Waals surface area (Å²) in [7, 11) is 0. The van der Waals surface area contributed by atoms with Gasteiger partial charge in [0.1, 0.15) is 0 Å². The Morgan fingerprint density at radius 1 is 0.576 bits per heavy atom. The molecule has 4 aromatic carbocycles. The van der Waals surface area contributed by atoms with E-state index in [-0.39, 0.29) is 11.2 Å². The Hall–Kier alpha value is -3.75. The SMILES string of the molecule is CC1c2ccc(-c3ccccc3)cc2-c2nc(Cl)nc(-c3ccc(-c4ccccc4)cc3)c21. The zero-order valence-corrected chi connectivity index (χ0v) is 18.9. The van der Waals surface area contributed by atoms with Crippen LogP contribution in [-0.2, 0) is 0 Å². The van der Waals surface area contributed by atoms with E-state index in [0.29, 0.717) is 0 Å². The maximum Gasteiger partial charge on any atom is 0.223 e. The number of halogens is 1. The van der Waals surface area contributed by atoms with E-state index in [4.69, 9.17) is 11.6 Å². The summed E-state index contributed by atoms with van der Waals surface area (Å²) in [6.07, 6.45) is 0. The number of hydrogen-bond donors (Lipinski definition) is 0. The molecule has 0 saturated carbocycles. The fraction of sp³-hybridized carbons (Fsp3) is 0.0667. The number of nitrogens with zero attached hydrogens (tertiary/aromatic N) is 2. The van der Waals surface area contributed by atoms with Crippen LogP contribution in [0, 0.1) is 0 Å². The molecule has 0 saturated heterocycles. The molecule has 1 aliphatic rings. The minimum atomic E-state index is 0.195. The van der Waals surface area contributed by atoms with Gasteiger partial charge < -0.3 is 0 Å². The van der Waals surface area contributed by atoms with Crippen LogP contribution in [0.15, 0.2) is 103 Å². The highest BCUT2D eigenvalue weighted by Gasteiger charge is 2.31. The first-order valence-electron chi connectivity index (χ1n) is 11.1. The van der Waals surface area contributed by atoms with Gasteiger partial charge in [-0.15, -0.1) is 0 Å². The molecule has 0 radical (unpaired) electrons. The lowest BCUT2D eigenvalue weighted by Crippen LogP contribution is -1.99. The summed E-state index contributed by atoms with van der Waals surface area (Å²) in [6, 6.07) is 36.0. The highest BCUT2D eigenvalue weighted by molar-refractivity contribution is 6.28. The molecule has 5 aromatic rings. The first kappa shape index (κ1) is 19.9. The molecule has 158 valence electrons. The molecule has 0 amide bonds. The molecule has 1 heterocycles. The van der Waals surface area contributed by atoms with Crippen LogP contribution < -0.4 is 0 Å². The van der Waals surface area contributed by atoms with Gasteiger partial charge in [0.25, 0.3) is 0 Å². The van der Waals surface area contributed by atoms with Crippen molar-refractivity contribution in [1.29, 1.82) is 0 Å². The van der Waals surface area contributed by atoms with E-state index in [1.165, 1.54) is 27.8 Å². The van der Waals surface area contributed by atoms with Gasteiger partial charge in [-0.2, -0.15) is 0 Å². The van der Waals surface area contributed by atoms with Gasteiger partial charge in [0.2, 0.25) is 5.28 Å². The molecule has 0 spiro atoms. The summed E-state index contributed by atoms with van der Waals surface area (Å²) >= 11 is 6.45. The molecule has 0 N–H and O–H groups in total. The van der Waals surface area contributed by atoms with Crippen molar-refractivity contribution in [2.45, 2.75) is 12.8 Å². The molecule has 1 aromatic heterocycles. The van der Waals surface area contributed by atoms with Crippen LogP contribution in [0.2, 0.25) is 5.28 Å². The lowest BCUT2D eigenvalue weighted by Gasteiger charge is -2.13. The third kappa shape index (κ3) is 3.44. The highest BCUT2D eigenvalue weighted by atomic mass is 35.5. The molecule has 0 bridgehead atoms. The van der Waals surface area contributed by atoms with E-state index in [1.54, 1.807) is 0 Å². The smallest absolute Gasteiger partial charge is 0.218 e. The Morgan fingerprint density at radius 2 is 1.09 bits per heavy atom. The Balaban J connectivity index is 1.47. The maximum absolute atomic E-state index is 6.45. The van der Waals surface area contributed by atoms with Crippen LogP contribution in [0.3, 0.4) is 0 Å². The van der Waals surface area contributed by atoms with Crippen molar-refractivity contribution in [1.82, 2.24) is 9.97 Å². The van der Waals surface area contributed by atoms with Gasteiger partial charge >= 0.3 is 0 Å². The van der Waals surface area contributed by atoms with Crippen molar-refractivity contribution in [2.75, 3.05) is 0 Å². The third-order valence-corrected chi connectivity index (χ3v) is 6.67. The summed E-state index contributed by atoms with van der Waals surface area (Å²) in [4.78, 5) is 9.37. The Morgan fingerprint density at radius 3 is 1.76 bits per heavy atom. The van der Waals surface area contributed by atoms with Crippen LogP contribution in [-0.4, -0.2) is 9.97 Å². The van der Waals surface area contributed by atoms with Crippen LogP contribution in [0.5, 0.6) is 0 Å². The standard InChI is InChI=1S/C30H21ClN2/c1-19-25-17-16-24(21-10-6-3-7-11-21)18-26(25)29-27(19)28(32-30(31)33-29)23-14-12-22(13-15-23)20-8-4-2-5-9-20/h2-19H,1H3. The number of benzene rings is 4. The molecular formula is C30H21ClN2. The van der Waals surface area contributed by atoms with Crippen LogP contribution in [0.25, 0.3) is 44.8 Å². The zero-order chi connectivity index (χ0) is 22.4. The summed E-state index contributed by atoms with van der Waals surface area (Å²) in [6.45, 7) is 2.23. The van der Waals surface area contributed by atoms with Crippen molar-refractivity contribution in [3.05, 3.63) is 120 Å². The van der Waals surface area contributed by atoms with E-state index in [9.17, 15) is 0 Å². The normalized spacial score (nSPS) is 14.1. The van der Waals surface area contributed by atoms with Gasteiger partial charge in [-0.3, -0.25) is 0 Å². The van der Waals surface area contributed by atoms with Crippen molar-refractivity contribution in [3.63, 3.8) is 0 Å². The third-order valence-electron chi connectivity index (χ3n) is 6.50. The van der Waals surface area contributed by atoms with Crippen molar-refractivity contribution in [2.24, 2.45) is 0 Å². The molecule has 1 atom stereocenters. The molecule has 0 aliphatic heterocycles. The molecule has 2 nitrogen and oxygen atoms in total. The van der Waals surface area contributed by atoms with Crippen LogP contribution in [0.4, 0.5) is 0 Å². The van der Waals surface area contributed by atoms with E-state index in [0.717, 1.165) is 28.1 Å². The molecule has 1 aliphatic carbocycles. The fourth-order valence-electron chi connectivity index (χ4n) is 4.83. The minimum absolute atomic E-state index is 0.195. The monoisotopic (exact) mass is 444 g/mol. The van der Waals surface area contributed by atoms with Crippen molar-refractivity contribution < 1.29 is 0 Å². The summed E-state index contributed by atoms with van der Waals surface area (Å²) in [5.74, 6) is 0.195. The van der Waals surface area contributed by atoms with Gasteiger partial charge in [0.05, 0.1) is 11.4 Å². The van der Waals surface area contributed by atoms with E-state index >= 15 is 0 Å². The Labute approximate surface area is 198 Å². The molecule has 3 heteroatoms. The first-order chi connectivity index (χ1) is 16.2. The molecular weight excluding hydrogens is 424 g/mol. The minimum Gasteiger partial charge on any atom is -0.218 e. The predicted molar refractivity (Wildman–Crippen MR) is 136 cm³/mol.